The molecule has 0 saturated carbocycles. The minimum atomic E-state index is -1.15. The summed E-state index contributed by atoms with van der Waals surface area (Å²) >= 11 is 12.6. The molecule has 2 aromatic heterocycles. The van der Waals surface area contributed by atoms with Gasteiger partial charge in [-0.3, -0.25) is 9.59 Å². The maximum absolute atomic E-state index is 12.9. The fourth-order valence-corrected chi connectivity index (χ4v) is 3.35. The first-order valence-electron chi connectivity index (χ1n) is 9.69. The molecule has 1 aromatic carbocycles. The second-order valence-corrected chi connectivity index (χ2v) is 7.92. The summed E-state index contributed by atoms with van der Waals surface area (Å²) in [7, 11) is 1.04. The number of hydrogen-bond acceptors (Lipinski definition) is 10. The average Bonchev–Trinajstić information content (AvgIpc) is 2.81. The van der Waals surface area contributed by atoms with Gasteiger partial charge < -0.3 is 14.2 Å². The van der Waals surface area contributed by atoms with E-state index in [1.807, 2.05) is 13.8 Å². The number of aromatic nitrogens is 5. The third kappa shape index (κ3) is 5.34. The zero-order chi connectivity index (χ0) is 25.9. The molecule has 3 aromatic rings. The van der Waals surface area contributed by atoms with Gasteiger partial charge >= 0.3 is 11.8 Å². The first-order valence-corrected chi connectivity index (χ1v) is 10.4. The Bertz CT molecular complexity index is 1500. The summed E-state index contributed by atoms with van der Waals surface area (Å²) < 4.78 is 15.7. The number of benzene rings is 1. The number of rotatable bonds is 6. The summed E-state index contributed by atoms with van der Waals surface area (Å²) in [6.07, 6.45) is -1.15. The molecule has 0 spiro atoms. The molecule has 0 saturated heterocycles. The number of nitrogens with one attached hydrogen (secondary N) is 1. The largest absolute Gasteiger partial charge is 0.509 e. The van der Waals surface area contributed by atoms with Crippen molar-refractivity contribution in [2.24, 2.45) is 0 Å². The van der Waals surface area contributed by atoms with E-state index in [0.717, 1.165) is 7.11 Å². The number of methoxy groups -OCH3 is 1. The van der Waals surface area contributed by atoms with E-state index in [9.17, 15) is 24.4 Å². The van der Waals surface area contributed by atoms with Gasteiger partial charge in [-0.15, -0.1) is 10.2 Å². The Balaban J connectivity index is 2.06. The van der Waals surface area contributed by atoms with Crippen LogP contribution in [0.4, 0.5) is 4.79 Å². The molecule has 2 heterocycles. The van der Waals surface area contributed by atoms with Gasteiger partial charge in [0.25, 0.3) is 11.1 Å². The maximum Gasteiger partial charge on any atom is 0.509 e. The Kier molecular flexibility index (Phi) is 7.58. The topological polar surface area (TPSA) is 171 Å². The molecule has 35 heavy (non-hydrogen) atoms. The van der Waals surface area contributed by atoms with E-state index in [-0.39, 0.29) is 38.8 Å². The molecule has 0 amide bonds. The quantitative estimate of drug-likeness (QED) is 0.473. The Morgan fingerprint density at radius 2 is 1.86 bits per heavy atom. The summed E-state index contributed by atoms with van der Waals surface area (Å²) in [6, 6.07) is 5.48. The highest BCUT2D eigenvalue weighted by Crippen LogP contribution is 2.37. The van der Waals surface area contributed by atoms with E-state index < -0.39 is 29.8 Å². The van der Waals surface area contributed by atoms with Crippen LogP contribution >= 0.6 is 23.2 Å². The van der Waals surface area contributed by atoms with Crippen LogP contribution in [0.1, 0.15) is 31.0 Å². The monoisotopic (exact) mass is 522 g/mol. The highest BCUT2D eigenvalue weighted by atomic mass is 35.5. The average molecular weight is 523 g/mol. The third-order valence-electron chi connectivity index (χ3n) is 4.51. The summed E-state index contributed by atoms with van der Waals surface area (Å²) in [5, 5.41) is 19.0. The molecule has 3 rings (SSSR count). The Hall–Kier alpha value is -4.15. The Labute approximate surface area is 206 Å². The lowest BCUT2D eigenvalue weighted by molar-refractivity contribution is 0.0456. The normalized spacial score (nSPS) is 10.7. The number of H-pyrrole nitrogens is 1. The standard InChI is InChI=1S/C20H16Cl2N6O7/c1-9(2)11-6-15(24-25-17(11)29)35-16-12(21)4-10(5-13(16)22)28-19(31)27(8-34-20(32)33-3)18(30)14(7-23)26-28/h4-6,9H,8H2,1-3H3,(H,25,29). The van der Waals surface area contributed by atoms with Crippen molar-refractivity contribution in [3.63, 3.8) is 0 Å². The van der Waals surface area contributed by atoms with Crippen molar-refractivity contribution in [3.8, 4) is 23.4 Å². The van der Waals surface area contributed by atoms with E-state index in [1.54, 1.807) is 6.07 Å². The predicted octanol–water partition coefficient (Wildman–Crippen LogP) is 2.31. The fourth-order valence-electron chi connectivity index (χ4n) is 2.80. The van der Waals surface area contributed by atoms with Crippen LogP contribution in [0.25, 0.3) is 5.69 Å². The lowest BCUT2D eigenvalue weighted by Crippen LogP contribution is -2.43. The zero-order valence-electron chi connectivity index (χ0n) is 18.4. The van der Waals surface area contributed by atoms with Crippen molar-refractivity contribution in [3.05, 3.63) is 70.7 Å². The number of nitrogens with zero attached hydrogens (tertiary/aromatic N) is 5. The van der Waals surface area contributed by atoms with Crippen molar-refractivity contribution in [2.75, 3.05) is 7.11 Å². The second kappa shape index (κ2) is 10.4. The molecular weight excluding hydrogens is 507 g/mol. The zero-order valence-corrected chi connectivity index (χ0v) is 19.9. The molecule has 0 unspecified atom stereocenters. The number of nitriles is 1. The lowest BCUT2D eigenvalue weighted by atomic mass is 10.1. The van der Waals surface area contributed by atoms with Gasteiger partial charge in [-0.25, -0.2) is 19.3 Å². The van der Waals surface area contributed by atoms with Crippen LogP contribution in [0.15, 0.2) is 32.6 Å². The number of aromatic amines is 1. The molecule has 15 heteroatoms. The Morgan fingerprint density at radius 1 is 1.20 bits per heavy atom. The molecule has 0 radical (unpaired) electrons. The fraction of sp³-hybridized carbons (Fsp3) is 0.250. The van der Waals surface area contributed by atoms with E-state index >= 15 is 0 Å². The van der Waals surface area contributed by atoms with Crippen LogP contribution in [0, 0.1) is 11.3 Å². The van der Waals surface area contributed by atoms with Gasteiger partial charge in [-0.2, -0.15) is 9.94 Å². The van der Waals surface area contributed by atoms with Crippen molar-refractivity contribution in [2.45, 2.75) is 26.5 Å². The molecule has 0 aliphatic heterocycles. The molecule has 0 atom stereocenters. The number of carbonyl (C=O) groups is 1. The summed E-state index contributed by atoms with van der Waals surface area (Å²) in [5.41, 5.74) is -2.77. The highest BCUT2D eigenvalue weighted by Gasteiger charge is 2.19. The molecule has 13 nitrogen and oxygen atoms in total. The van der Waals surface area contributed by atoms with E-state index in [1.165, 1.54) is 18.2 Å². The first-order chi connectivity index (χ1) is 16.6. The third-order valence-corrected chi connectivity index (χ3v) is 5.07. The summed E-state index contributed by atoms with van der Waals surface area (Å²) in [4.78, 5) is 48.3. The number of halogens is 2. The van der Waals surface area contributed by atoms with Gasteiger partial charge in [0.1, 0.15) is 6.07 Å². The Morgan fingerprint density at radius 3 is 2.43 bits per heavy atom. The molecule has 0 bridgehead atoms. The van der Waals surface area contributed by atoms with Gasteiger partial charge in [0.15, 0.2) is 12.5 Å². The van der Waals surface area contributed by atoms with Crippen molar-refractivity contribution < 1.29 is 19.0 Å². The van der Waals surface area contributed by atoms with Crippen LogP contribution < -0.4 is 21.5 Å². The molecule has 0 fully saturated rings. The predicted molar refractivity (Wildman–Crippen MR) is 121 cm³/mol. The molecule has 0 aliphatic carbocycles. The maximum atomic E-state index is 12.9. The first kappa shape index (κ1) is 25.5. The smallest absolute Gasteiger partial charge is 0.438 e. The van der Waals surface area contributed by atoms with E-state index in [4.69, 9.17) is 27.9 Å². The molecule has 1 N–H and O–H groups in total. The van der Waals surface area contributed by atoms with Crippen LogP contribution in [-0.4, -0.2) is 37.8 Å². The van der Waals surface area contributed by atoms with Crippen molar-refractivity contribution >= 4 is 29.4 Å². The number of carbonyl (C=O) groups excluding carboxylic acids is 1. The lowest BCUT2D eigenvalue weighted by Gasteiger charge is -2.13. The van der Waals surface area contributed by atoms with Crippen LogP contribution in [-0.2, 0) is 16.2 Å². The second-order valence-electron chi connectivity index (χ2n) is 7.10. The number of ether oxygens (including phenoxy) is 3. The molecule has 182 valence electrons. The van der Waals surface area contributed by atoms with Gasteiger partial charge in [0.05, 0.1) is 22.8 Å². The van der Waals surface area contributed by atoms with Gasteiger partial charge in [0.2, 0.25) is 11.6 Å². The minimum absolute atomic E-state index is 0.0143. The van der Waals surface area contributed by atoms with Gasteiger partial charge in [0, 0.05) is 11.6 Å². The SMILES string of the molecule is COC(=O)OCn1c(=O)c(C#N)nn(-c2cc(Cl)c(Oc3cc(C(C)C)c(=O)[nH]n3)c(Cl)c2)c1=O. The van der Waals surface area contributed by atoms with Crippen molar-refractivity contribution in [1.29, 1.82) is 5.26 Å². The van der Waals surface area contributed by atoms with Gasteiger partial charge in [-0.1, -0.05) is 37.0 Å². The van der Waals surface area contributed by atoms with Crippen molar-refractivity contribution in [1.82, 2.24) is 24.5 Å². The summed E-state index contributed by atoms with van der Waals surface area (Å²) in [5.74, 6) is -0.133. The van der Waals surface area contributed by atoms with Crippen LogP contribution in [0.2, 0.25) is 10.0 Å². The van der Waals surface area contributed by atoms with E-state index in [2.05, 4.69) is 24.8 Å². The molecular formula is C20H16Cl2N6O7. The summed E-state index contributed by atoms with van der Waals surface area (Å²) in [6.45, 7) is 2.80. The highest BCUT2D eigenvalue weighted by molar-refractivity contribution is 6.37. The minimum Gasteiger partial charge on any atom is -0.438 e. The van der Waals surface area contributed by atoms with Gasteiger partial charge in [-0.05, 0) is 18.1 Å². The molecule has 0 aliphatic rings. The van der Waals surface area contributed by atoms with E-state index in [0.29, 0.717) is 14.8 Å². The van der Waals surface area contributed by atoms with Crippen LogP contribution in [0.3, 0.4) is 0 Å². The van der Waals surface area contributed by atoms with Crippen LogP contribution in [0.5, 0.6) is 11.6 Å². The number of hydrogen-bond donors (Lipinski definition) is 1.